The van der Waals surface area contributed by atoms with Gasteiger partial charge in [-0.25, -0.2) is 4.99 Å². The molecule has 37 heavy (non-hydrogen) atoms. The van der Waals surface area contributed by atoms with Gasteiger partial charge in [-0.15, -0.1) is 0 Å². The van der Waals surface area contributed by atoms with E-state index < -0.39 is 17.4 Å². The molecule has 9 heteroatoms. The van der Waals surface area contributed by atoms with Crippen LogP contribution in [0.15, 0.2) is 82.8 Å². The van der Waals surface area contributed by atoms with Gasteiger partial charge in [0.25, 0.3) is 0 Å². The summed E-state index contributed by atoms with van der Waals surface area (Å²) in [5.74, 6) is 0.794. The minimum absolute atomic E-state index is 0.00357. The molecule has 0 amide bonds. The third-order valence-corrected chi connectivity index (χ3v) is 6.81. The average molecular weight is 508 g/mol. The molecule has 1 fully saturated rings. The summed E-state index contributed by atoms with van der Waals surface area (Å²) in [5.41, 5.74) is 12.7. The standard InChI is InChI=1S/C28H28F3N5O/c29-28(30,31)21-13-14-24(37-23-12-6-5-11-20(23)17-19-9-3-1-4-10-19)22(18-21)36-26(33)34-25(32)35-27(36)15-7-2-8-16-27/h1,3-6,9-14,18H,2,7-8,15-17H2,(H4,32,33,34,35). The zero-order valence-corrected chi connectivity index (χ0v) is 20.2. The van der Waals surface area contributed by atoms with Crippen molar-refractivity contribution in [2.24, 2.45) is 21.5 Å². The van der Waals surface area contributed by atoms with Crippen molar-refractivity contribution in [1.82, 2.24) is 0 Å². The molecular weight excluding hydrogens is 479 g/mol. The van der Waals surface area contributed by atoms with Crippen molar-refractivity contribution in [3.05, 3.63) is 89.5 Å². The lowest BCUT2D eigenvalue weighted by atomic mass is 9.87. The Bertz CT molecular complexity index is 1330. The number of nitrogens with zero attached hydrogens (tertiary/aromatic N) is 3. The van der Waals surface area contributed by atoms with Gasteiger partial charge in [0.05, 0.1) is 11.3 Å². The van der Waals surface area contributed by atoms with E-state index in [0.29, 0.717) is 25.0 Å². The van der Waals surface area contributed by atoms with Gasteiger partial charge in [0, 0.05) is 6.42 Å². The van der Waals surface area contributed by atoms with E-state index in [2.05, 4.69) is 9.98 Å². The Balaban J connectivity index is 1.60. The van der Waals surface area contributed by atoms with Crippen LogP contribution >= 0.6 is 0 Å². The molecule has 1 spiro atoms. The normalized spacial score (nSPS) is 17.3. The summed E-state index contributed by atoms with van der Waals surface area (Å²) in [6, 6.07) is 20.8. The maximum atomic E-state index is 13.8. The van der Waals surface area contributed by atoms with Gasteiger partial charge in [0.15, 0.2) is 5.75 Å². The number of rotatable bonds is 5. The molecule has 0 saturated heterocycles. The zero-order valence-electron chi connectivity index (χ0n) is 20.2. The smallest absolute Gasteiger partial charge is 0.416 e. The second kappa shape index (κ2) is 9.80. The minimum Gasteiger partial charge on any atom is -0.455 e. The summed E-state index contributed by atoms with van der Waals surface area (Å²) in [5, 5.41) is 0. The lowest BCUT2D eigenvalue weighted by Crippen LogP contribution is -2.58. The highest BCUT2D eigenvalue weighted by molar-refractivity contribution is 6.06. The number of halogens is 3. The number of para-hydroxylation sites is 1. The summed E-state index contributed by atoms with van der Waals surface area (Å²) >= 11 is 0. The van der Waals surface area contributed by atoms with Gasteiger partial charge in [-0.3, -0.25) is 4.90 Å². The Morgan fingerprint density at radius 3 is 2.30 bits per heavy atom. The quantitative estimate of drug-likeness (QED) is 0.430. The molecule has 0 aromatic heterocycles. The van der Waals surface area contributed by atoms with Crippen molar-refractivity contribution < 1.29 is 17.9 Å². The number of aliphatic imine (C=N–C) groups is 2. The van der Waals surface area contributed by atoms with E-state index in [1.165, 1.54) is 6.07 Å². The van der Waals surface area contributed by atoms with Crippen molar-refractivity contribution in [3.63, 3.8) is 0 Å². The molecule has 5 rings (SSSR count). The third kappa shape index (κ3) is 5.12. The first-order valence-corrected chi connectivity index (χ1v) is 12.3. The number of alkyl halides is 3. The highest BCUT2D eigenvalue weighted by atomic mass is 19.4. The fourth-order valence-corrected chi connectivity index (χ4v) is 5.11. The van der Waals surface area contributed by atoms with Crippen LogP contribution in [0.5, 0.6) is 11.5 Å². The molecule has 0 radical (unpaired) electrons. The third-order valence-electron chi connectivity index (χ3n) is 6.81. The second-order valence-corrected chi connectivity index (χ2v) is 9.37. The maximum absolute atomic E-state index is 13.8. The fraction of sp³-hybridized carbons (Fsp3) is 0.286. The topological polar surface area (TPSA) is 89.2 Å². The second-order valence-electron chi connectivity index (χ2n) is 9.37. The summed E-state index contributed by atoms with van der Waals surface area (Å²) < 4.78 is 47.8. The molecule has 0 unspecified atom stereocenters. The number of hydrogen-bond acceptors (Lipinski definition) is 6. The SMILES string of the molecule is NC1=NC2(CCCCC2)N(c2cc(C(F)(F)F)ccc2Oc2ccccc2Cc2ccccc2)C(N)=N1. The molecule has 1 aliphatic carbocycles. The Hall–Kier alpha value is -4.01. The predicted octanol–water partition coefficient (Wildman–Crippen LogP) is 6.20. The first-order chi connectivity index (χ1) is 17.7. The molecule has 3 aromatic rings. The van der Waals surface area contributed by atoms with Crippen LogP contribution in [0.25, 0.3) is 0 Å². The van der Waals surface area contributed by atoms with E-state index in [-0.39, 0.29) is 23.4 Å². The van der Waals surface area contributed by atoms with Gasteiger partial charge in [-0.2, -0.15) is 18.2 Å². The minimum atomic E-state index is -4.55. The summed E-state index contributed by atoms with van der Waals surface area (Å²) in [4.78, 5) is 10.3. The first-order valence-electron chi connectivity index (χ1n) is 12.3. The van der Waals surface area contributed by atoms with Crippen LogP contribution in [0.2, 0.25) is 0 Å². The van der Waals surface area contributed by atoms with Gasteiger partial charge in [0.2, 0.25) is 11.9 Å². The number of hydrogen-bond donors (Lipinski definition) is 2. The monoisotopic (exact) mass is 507 g/mol. The number of anilines is 1. The van der Waals surface area contributed by atoms with E-state index in [1.807, 2.05) is 48.5 Å². The summed E-state index contributed by atoms with van der Waals surface area (Å²) in [6.07, 6.45) is -0.0895. The first kappa shape index (κ1) is 24.7. The molecular formula is C28H28F3N5O. The van der Waals surface area contributed by atoms with Crippen LogP contribution in [0.4, 0.5) is 18.9 Å². The van der Waals surface area contributed by atoms with Crippen LogP contribution in [-0.4, -0.2) is 17.6 Å². The van der Waals surface area contributed by atoms with Crippen molar-refractivity contribution in [2.75, 3.05) is 4.90 Å². The molecule has 1 saturated carbocycles. The summed E-state index contributed by atoms with van der Waals surface area (Å²) in [7, 11) is 0. The van der Waals surface area contributed by atoms with Gasteiger partial charge in [-0.1, -0.05) is 55.0 Å². The van der Waals surface area contributed by atoms with Crippen molar-refractivity contribution in [2.45, 2.75) is 50.4 Å². The van der Waals surface area contributed by atoms with E-state index >= 15 is 0 Å². The molecule has 6 nitrogen and oxygen atoms in total. The lowest BCUT2D eigenvalue weighted by Gasteiger charge is -2.46. The molecule has 2 aliphatic rings. The van der Waals surface area contributed by atoms with Crippen molar-refractivity contribution in [1.29, 1.82) is 0 Å². The molecule has 0 atom stereocenters. The molecule has 0 bridgehead atoms. The fourth-order valence-electron chi connectivity index (χ4n) is 5.11. The van der Waals surface area contributed by atoms with Crippen LogP contribution < -0.4 is 21.1 Å². The highest BCUT2D eigenvalue weighted by Gasteiger charge is 2.44. The zero-order chi connectivity index (χ0) is 26.0. The Morgan fingerprint density at radius 1 is 0.865 bits per heavy atom. The van der Waals surface area contributed by atoms with Gasteiger partial charge in [0.1, 0.15) is 11.4 Å². The van der Waals surface area contributed by atoms with Crippen LogP contribution in [-0.2, 0) is 12.6 Å². The maximum Gasteiger partial charge on any atom is 0.416 e. The molecule has 1 aliphatic heterocycles. The molecule has 4 N–H and O–H groups in total. The van der Waals surface area contributed by atoms with Crippen LogP contribution in [0.1, 0.15) is 48.8 Å². The van der Waals surface area contributed by atoms with Gasteiger partial charge < -0.3 is 16.2 Å². The predicted molar refractivity (Wildman–Crippen MR) is 139 cm³/mol. The summed E-state index contributed by atoms with van der Waals surface area (Å²) in [6.45, 7) is 0. The molecule has 3 aromatic carbocycles. The molecule has 192 valence electrons. The number of nitrogens with two attached hydrogens (primary N) is 2. The Kier molecular flexibility index (Phi) is 6.54. The van der Waals surface area contributed by atoms with Crippen LogP contribution in [0, 0.1) is 0 Å². The van der Waals surface area contributed by atoms with Crippen molar-refractivity contribution in [3.8, 4) is 11.5 Å². The van der Waals surface area contributed by atoms with Gasteiger partial charge in [-0.05, 0) is 61.1 Å². The van der Waals surface area contributed by atoms with Gasteiger partial charge >= 0.3 is 6.18 Å². The highest BCUT2D eigenvalue weighted by Crippen LogP contribution is 2.46. The van der Waals surface area contributed by atoms with Crippen molar-refractivity contribution >= 4 is 17.6 Å². The number of guanidine groups is 2. The number of ether oxygens (including phenoxy) is 1. The number of benzene rings is 3. The largest absolute Gasteiger partial charge is 0.455 e. The van der Waals surface area contributed by atoms with E-state index in [1.54, 1.807) is 11.0 Å². The van der Waals surface area contributed by atoms with Crippen LogP contribution in [0.3, 0.4) is 0 Å². The molecule has 1 heterocycles. The Labute approximate surface area is 213 Å². The lowest BCUT2D eigenvalue weighted by molar-refractivity contribution is -0.137. The van der Waals surface area contributed by atoms with E-state index in [4.69, 9.17) is 16.2 Å². The van der Waals surface area contributed by atoms with E-state index in [0.717, 1.165) is 42.5 Å². The average Bonchev–Trinajstić information content (AvgIpc) is 2.86. The Morgan fingerprint density at radius 2 is 1.57 bits per heavy atom. The van der Waals surface area contributed by atoms with E-state index in [9.17, 15) is 13.2 Å².